The second-order valence-corrected chi connectivity index (χ2v) is 5.24. The van der Waals surface area contributed by atoms with Gasteiger partial charge < -0.3 is 9.72 Å². The minimum Gasteiger partial charge on any atom is -0.497 e. The Hall–Kier alpha value is -2.29. The van der Waals surface area contributed by atoms with Crippen LogP contribution in [-0.4, -0.2) is 17.1 Å². The first kappa shape index (κ1) is 12.7. The van der Waals surface area contributed by atoms with Gasteiger partial charge >= 0.3 is 0 Å². The van der Waals surface area contributed by atoms with Gasteiger partial charge in [-0.25, -0.2) is 4.98 Å². The van der Waals surface area contributed by atoms with Crippen LogP contribution in [0.4, 0.5) is 0 Å². The molecule has 20 heavy (non-hydrogen) atoms. The Kier molecular flexibility index (Phi) is 2.97. The van der Waals surface area contributed by atoms with E-state index in [1.807, 2.05) is 18.2 Å². The van der Waals surface area contributed by atoms with Gasteiger partial charge in [0.15, 0.2) is 0 Å². The number of imidazole rings is 1. The molecule has 0 saturated carbocycles. The minimum absolute atomic E-state index is 0.838. The summed E-state index contributed by atoms with van der Waals surface area (Å²) >= 11 is 0. The number of ether oxygens (including phenoxy) is 1. The van der Waals surface area contributed by atoms with Crippen molar-refractivity contribution in [2.24, 2.45) is 0 Å². The van der Waals surface area contributed by atoms with Crippen LogP contribution < -0.4 is 4.74 Å². The number of aryl methyl sites for hydroxylation is 3. The van der Waals surface area contributed by atoms with E-state index in [-0.39, 0.29) is 0 Å². The molecule has 1 heterocycles. The molecule has 0 spiro atoms. The molecule has 102 valence electrons. The first-order valence-corrected chi connectivity index (χ1v) is 6.70. The second kappa shape index (κ2) is 4.67. The zero-order chi connectivity index (χ0) is 14.3. The Morgan fingerprint density at radius 3 is 2.35 bits per heavy atom. The topological polar surface area (TPSA) is 37.9 Å². The van der Waals surface area contributed by atoms with E-state index in [0.29, 0.717) is 0 Å². The predicted octanol–water partition coefficient (Wildman–Crippen LogP) is 4.16. The summed E-state index contributed by atoms with van der Waals surface area (Å²) in [5, 5.41) is 0. The van der Waals surface area contributed by atoms with Crippen LogP contribution in [0.3, 0.4) is 0 Å². The Morgan fingerprint density at radius 2 is 1.70 bits per heavy atom. The third kappa shape index (κ3) is 2.05. The van der Waals surface area contributed by atoms with Crippen molar-refractivity contribution in [2.75, 3.05) is 7.11 Å². The standard InChI is InChI=1S/C17H18N2O/c1-10-7-11(2)16(12(3)8-10)17-18-14-6-5-13(20-4)9-15(14)19-17/h5-9H,1-4H3,(H,18,19). The molecule has 1 N–H and O–H groups in total. The van der Waals surface area contributed by atoms with Gasteiger partial charge in [-0.3, -0.25) is 0 Å². The summed E-state index contributed by atoms with van der Waals surface area (Å²) in [6, 6.07) is 10.3. The smallest absolute Gasteiger partial charge is 0.139 e. The summed E-state index contributed by atoms with van der Waals surface area (Å²) in [7, 11) is 1.67. The fraction of sp³-hybridized carbons (Fsp3) is 0.235. The summed E-state index contributed by atoms with van der Waals surface area (Å²) in [5.41, 5.74) is 6.91. The van der Waals surface area contributed by atoms with E-state index in [9.17, 15) is 0 Å². The average molecular weight is 266 g/mol. The molecular formula is C17H18N2O. The Labute approximate surface area is 118 Å². The van der Waals surface area contributed by atoms with Gasteiger partial charge in [0.2, 0.25) is 0 Å². The van der Waals surface area contributed by atoms with E-state index < -0.39 is 0 Å². The van der Waals surface area contributed by atoms with Gasteiger partial charge in [-0.05, 0) is 44.0 Å². The quantitative estimate of drug-likeness (QED) is 0.756. The van der Waals surface area contributed by atoms with E-state index in [1.54, 1.807) is 7.11 Å². The molecule has 0 atom stereocenters. The van der Waals surface area contributed by atoms with Crippen molar-refractivity contribution in [3.05, 3.63) is 47.0 Å². The number of aromatic nitrogens is 2. The van der Waals surface area contributed by atoms with Crippen molar-refractivity contribution in [3.8, 4) is 17.1 Å². The summed E-state index contributed by atoms with van der Waals surface area (Å²) in [4.78, 5) is 8.10. The molecule has 0 aliphatic rings. The lowest BCUT2D eigenvalue weighted by Gasteiger charge is -2.08. The molecule has 1 aromatic heterocycles. The molecule has 0 saturated heterocycles. The first-order chi connectivity index (χ1) is 9.58. The monoisotopic (exact) mass is 266 g/mol. The third-order valence-corrected chi connectivity index (χ3v) is 3.60. The molecule has 0 aliphatic carbocycles. The molecule has 3 heteroatoms. The summed E-state index contributed by atoms with van der Waals surface area (Å²) in [6.45, 7) is 6.37. The Bertz CT molecular complexity index is 764. The highest BCUT2D eigenvalue weighted by Crippen LogP contribution is 2.29. The number of hydrogen-bond donors (Lipinski definition) is 1. The number of methoxy groups -OCH3 is 1. The molecule has 0 unspecified atom stereocenters. The van der Waals surface area contributed by atoms with Crippen molar-refractivity contribution in [1.29, 1.82) is 0 Å². The van der Waals surface area contributed by atoms with E-state index in [2.05, 4.69) is 37.9 Å². The second-order valence-electron chi connectivity index (χ2n) is 5.24. The molecule has 0 amide bonds. The van der Waals surface area contributed by atoms with E-state index in [1.165, 1.54) is 22.3 Å². The average Bonchev–Trinajstić information content (AvgIpc) is 2.79. The number of rotatable bonds is 2. The molecule has 3 aromatic rings. The van der Waals surface area contributed by atoms with Gasteiger partial charge in [0.25, 0.3) is 0 Å². The number of nitrogens with one attached hydrogen (secondary N) is 1. The highest BCUT2D eigenvalue weighted by molar-refractivity contribution is 5.82. The molecule has 2 aromatic carbocycles. The van der Waals surface area contributed by atoms with Crippen molar-refractivity contribution in [2.45, 2.75) is 20.8 Å². The zero-order valence-electron chi connectivity index (χ0n) is 12.2. The van der Waals surface area contributed by atoms with E-state index in [0.717, 1.165) is 22.6 Å². The number of hydrogen-bond acceptors (Lipinski definition) is 2. The summed E-state index contributed by atoms with van der Waals surface area (Å²) in [6.07, 6.45) is 0. The van der Waals surface area contributed by atoms with Crippen LogP contribution in [0, 0.1) is 20.8 Å². The van der Waals surface area contributed by atoms with Crippen molar-refractivity contribution >= 4 is 11.0 Å². The van der Waals surface area contributed by atoms with Gasteiger partial charge in [-0.2, -0.15) is 0 Å². The molecule has 3 rings (SSSR count). The highest BCUT2D eigenvalue weighted by Gasteiger charge is 2.11. The van der Waals surface area contributed by atoms with Gasteiger partial charge in [-0.1, -0.05) is 17.7 Å². The number of H-pyrrole nitrogens is 1. The fourth-order valence-electron chi connectivity index (χ4n) is 2.79. The molecule has 3 nitrogen and oxygen atoms in total. The number of nitrogens with zero attached hydrogens (tertiary/aromatic N) is 1. The van der Waals surface area contributed by atoms with Crippen LogP contribution in [0.25, 0.3) is 22.4 Å². The van der Waals surface area contributed by atoms with Crippen LogP contribution in [0.1, 0.15) is 16.7 Å². The summed E-state index contributed by atoms with van der Waals surface area (Å²) < 4.78 is 5.25. The lowest BCUT2D eigenvalue weighted by atomic mass is 9.99. The zero-order valence-corrected chi connectivity index (χ0v) is 12.2. The Balaban J connectivity index is 2.20. The van der Waals surface area contributed by atoms with Crippen LogP contribution >= 0.6 is 0 Å². The fourth-order valence-corrected chi connectivity index (χ4v) is 2.79. The van der Waals surface area contributed by atoms with E-state index in [4.69, 9.17) is 9.72 Å². The normalized spacial score (nSPS) is 11.0. The minimum atomic E-state index is 0.838. The van der Waals surface area contributed by atoms with Gasteiger partial charge in [0.1, 0.15) is 11.6 Å². The maximum atomic E-state index is 5.25. The van der Waals surface area contributed by atoms with Gasteiger partial charge in [-0.15, -0.1) is 0 Å². The summed E-state index contributed by atoms with van der Waals surface area (Å²) in [5.74, 6) is 1.76. The van der Waals surface area contributed by atoms with Crippen molar-refractivity contribution in [1.82, 2.24) is 9.97 Å². The number of benzene rings is 2. The van der Waals surface area contributed by atoms with Gasteiger partial charge in [0.05, 0.1) is 18.1 Å². The molecule has 0 aliphatic heterocycles. The maximum Gasteiger partial charge on any atom is 0.139 e. The molecule has 0 radical (unpaired) electrons. The largest absolute Gasteiger partial charge is 0.497 e. The number of aromatic amines is 1. The van der Waals surface area contributed by atoms with Gasteiger partial charge in [0, 0.05) is 11.6 Å². The molecule has 0 bridgehead atoms. The number of fused-ring (bicyclic) bond motifs is 1. The lowest BCUT2D eigenvalue weighted by Crippen LogP contribution is -1.91. The van der Waals surface area contributed by atoms with Crippen molar-refractivity contribution in [3.63, 3.8) is 0 Å². The highest BCUT2D eigenvalue weighted by atomic mass is 16.5. The van der Waals surface area contributed by atoms with Crippen LogP contribution in [0.5, 0.6) is 5.75 Å². The van der Waals surface area contributed by atoms with Crippen LogP contribution in [0.2, 0.25) is 0 Å². The van der Waals surface area contributed by atoms with Crippen LogP contribution in [0.15, 0.2) is 30.3 Å². The van der Waals surface area contributed by atoms with Crippen LogP contribution in [-0.2, 0) is 0 Å². The molecular weight excluding hydrogens is 248 g/mol. The maximum absolute atomic E-state index is 5.25. The van der Waals surface area contributed by atoms with E-state index >= 15 is 0 Å². The van der Waals surface area contributed by atoms with Crippen molar-refractivity contribution < 1.29 is 4.74 Å². The molecule has 0 fully saturated rings. The first-order valence-electron chi connectivity index (χ1n) is 6.70. The predicted molar refractivity (Wildman–Crippen MR) is 82.3 cm³/mol. The Morgan fingerprint density at radius 1 is 1.00 bits per heavy atom. The third-order valence-electron chi connectivity index (χ3n) is 3.60. The lowest BCUT2D eigenvalue weighted by molar-refractivity contribution is 0.415. The SMILES string of the molecule is COc1ccc2nc(-c3c(C)cc(C)cc3C)[nH]c2c1.